The predicted octanol–water partition coefficient (Wildman–Crippen LogP) is 5.98. The van der Waals surface area contributed by atoms with E-state index in [9.17, 15) is 5.11 Å². The van der Waals surface area contributed by atoms with Crippen LogP contribution in [0.15, 0.2) is 46.6 Å². The maximum atomic E-state index is 10.5. The molecule has 1 N–H and O–H groups in total. The van der Waals surface area contributed by atoms with E-state index in [1.54, 1.807) is 0 Å². The van der Waals surface area contributed by atoms with Crippen LogP contribution in [0.3, 0.4) is 0 Å². The van der Waals surface area contributed by atoms with Gasteiger partial charge in [-0.05, 0) is 54.4 Å². The van der Waals surface area contributed by atoms with Gasteiger partial charge in [0, 0.05) is 5.56 Å². The molecule has 23 heavy (non-hydrogen) atoms. The second kappa shape index (κ2) is 6.15. The van der Waals surface area contributed by atoms with Crippen LogP contribution < -0.4 is 0 Å². The zero-order chi connectivity index (χ0) is 16.4. The Morgan fingerprint density at radius 1 is 0.870 bits per heavy atom. The van der Waals surface area contributed by atoms with Crippen molar-refractivity contribution in [3.8, 4) is 5.75 Å². The third-order valence-electron chi connectivity index (χ3n) is 4.46. The van der Waals surface area contributed by atoms with E-state index in [-0.39, 0.29) is 11.2 Å². The van der Waals surface area contributed by atoms with E-state index in [1.807, 2.05) is 30.3 Å². The number of benzene rings is 2. The van der Waals surface area contributed by atoms with Crippen molar-refractivity contribution in [2.75, 3.05) is 0 Å². The fourth-order valence-corrected chi connectivity index (χ4v) is 3.18. The monoisotopic (exact) mass is 308 g/mol. The van der Waals surface area contributed by atoms with Crippen molar-refractivity contribution in [3.05, 3.63) is 53.1 Å². The molecule has 120 valence electrons. The van der Waals surface area contributed by atoms with Crippen LogP contribution in [0.1, 0.15) is 50.3 Å². The number of fused-ring (bicyclic) bond motifs is 1. The lowest BCUT2D eigenvalue weighted by Crippen LogP contribution is -2.10. The van der Waals surface area contributed by atoms with Crippen LogP contribution in [-0.4, -0.2) is 5.11 Å². The summed E-state index contributed by atoms with van der Waals surface area (Å²) in [5.74, 6) is 0.230. The highest BCUT2D eigenvalue weighted by molar-refractivity contribution is 5.58. The van der Waals surface area contributed by atoms with Gasteiger partial charge in [0.25, 0.3) is 0 Å². The van der Waals surface area contributed by atoms with Gasteiger partial charge in [0.2, 0.25) is 0 Å². The Morgan fingerprint density at radius 2 is 1.52 bits per heavy atom. The second-order valence-corrected chi connectivity index (χ2v) is 7.25. The third kappa shape index (κ3) is 3.29. The van der Waals surface area contributed by atoms with Crippen LogP contribution >= 0.6 is 0 Å². The molecular formula is C20H24N2O. The highest BCUT2D eigenvalue weighted by atomic mass is 16.3. The first-order valence-electron chi connectivity index (χ1n) is 8.32. The summed E-state index contributed by atoms with van der Waals surface area (Å²) in [5.41, 5.74) is 4.94. The Balaban J connectivity index is 1.96. The van der Waals surface area contributed by atoms with Crippen LogP contribution in [0.2, 0.25) is 0 Å². The minimum absolute atomic E-state index is 0.123. The van der Waals surface area contributed by atoms with Gasteiger partial charge in [0.1, 0.15) is 11.4 Å². The van der Waals surface area contributed by atoms with E-state index < -0.39 is 0 Å². The van der Waals surface area contributed by atoms with Gasteiger partial charge in [-0.3, -0.25) is 0 Å². The van der Waals surface area contributed by atoms with E-state index in [4.69, 9.17) is 0 Å². The average Bonchev–Trinajstić information content (AvgIpc) is 2.53. The molecule has 3 heteroatoms. The Kier molecular flexibility index (Phi) is 4.20. The molecule has 1 aliphatic carbocycles. The highest BCUT2D eigenvalue weighted by Gasteiger charge is 2.20. The van der Waals surface area contributed by atoms with Crippen molar-refractivity contribution in [2.24, 2.45) is 10.2 Å². The molecule has 0 aliphatic heterocycles. The quantitative estimate of drug-likeness (QED) is 0.681. The Hall–Kier alpha value is -2.16. The van der Waals surface area contributed by atoms with Crippen LogP contribution in [-0.2, 0) is 18.3 Å². The molecule has 3 rings (SSSR count). The molecule has 0 amide bonds. The van der Waals surface area contributed by atoms with Crippen molar-refractivity contribution in [3.63, 3.8) is 0 Å². The molecule has 0 radical (unpaired) electrons. The Morgan fingerprint density at radius 3 is 2.30 bits per heavy atom. The van der Waals surface area contributed by atoms with E-state index in [0.29, 0.717) is 5.69 Å². The van der Waals surface area contributed by atoms with Crippen molar-refractivity contribution in [2.45, 2.75) is 51.9 Å². The van der Waals surface area contributed by atoms with E-state index >= 15 is 0 Å². The first-order valence-corrected chi connectivity index (χ1v) is 8.32. The number of nitrogens with zero attached hydrogens (tertiary/aromatic N) is 2. The first kappa shape index (κ1) is 15.7. The summed E-state index contributed by atoms with van der Waals surface area (Å²) in [4.78, 5) is 0. The van der Waals surface area contributed by atoms with Crippen molar-refractivity contribution in [1.82, 2.24) is 0 Å². The zero-order valence-corrected chi connectivity index (χ0v) is 14.1. The number of phenolic OH excluding ortho intramolecular Hbond substituents is 1. The molecule has 0 fully saturated rings. The van der Waals surface area contributed by atoms with Gasteiger partial charge in [0.05, 0.1) is 5.69 Å². The van der Waals surface area contributed by atoms with E-state index in [2.05, 4.69) is 37.1 Å². The number of para-hydroxylation sites is 1. The summed E-state index contributed by atoms with van der Waals surface area (Å²) < 4.78 is 0. The maximum Gasteiger partial charge on any atom is 0.146 e. The molecule has 1 aliphatic rings. The van der Waals surface area contributed by atoms with E-state index in [0.717, 1.165) is 24.1 Å². The Bertz CT molecular complexity index is 742. The smallest absolute Gasteiger partial charge is 0.146 e. The molecular weight excluding hydrogens is 284 g/mol. The molecule has 0 aromatic heterocycles. The Labute approximate surface area is 138 Å². The van der Waals surface area contributed by atoms with Gasteiger partial charge in [0.15, 0.2) is 0 Å². The van der Waals surface area contributed by atoms with Crippen LogP contribution in [0.25, 0.3) is 0 Å². The maximum absolute atomic E-state index is 10.5. The van der Waals surface area contributed by atoms with Crippen LogP contribution in [0, 0.1) is 0 Å². The number of hydrogen-bond donors (Lipinski definition) is 1. The number of aromatic hydroxyl groups is 1. The summed E-state index contributed by atoms with van der Waals surface area (Å²) in [6.07, 6.45) is 4.66. The van der Waals surface area contributed by atoms with Crippen molar-refractivity contribution >= 4 is 11.4 Å². The van der Waals surface area contributed by atoms with Gasteiger partial charge in [-0.2, -0.15) is 5.11 Å². The topological polar surface area (TPSA) is 45.0 Å². The van der Waals surface area contributed by atoms with E-state index in [1.165, 1.54) is 24.0 Å². The standard InChI is InChI=1S/C20H24N2O/c1-20(2,3)16-11-7-13-18(19(16)23)22-21-17-12-6-9-14-8-4-5-10-15(14)17/h6-7,9,11-13,23H,4-5,8,10H2,1-3H3. The van der Waals surface area contributed by atoms with Crippen LogP contribution in [0.5, 0.6) is 5.75 Å². The lowest BCUT2D eigenvalue weighted by atomic mass is 9.86. The van der Waals surface area contributed by atoms with Crippen molar-refractivity contribution in [1.29, 1.82) is 0 Å². The molecule has 0 bridgehead atoms. The fourth-order valence-electron chi connectivity index (χ4n) is 3.18. The largest absolute Gasteiger partial charge is 0.505 e. The number of hydrogen-bond acceptors (Lipinski definition) is 3. The molecule has 0 saturated carbocycles. The predicted molar refractivity (Wildman–Crippen MR) is 94.1 cm³/mol. The normalized spacial score (nSPS) is 14.9. The molecule has 0 saturated heterocycles. The van der Waals surface area contributed by atoms with Crippen molar-refractivity contribution < 1.29 is 5.11 Å². The molecule has 2 aromatic carbocycles. The number of azo groups is 1. The van der Waals surface area contributed by atoms with Crippen LogP contribution in [0.4, 0.5) is 11.4 Å². The van der Waals surface area contributed by atoms with Gasteiger partial charge in [-0.25, -0.2) is 0 Å². The molecule has 0 unspecified atom stereocenters. The lowest BCUT2D eigenvalue weighted by molar-refractivity contribution is 0.448. The molecule has 3 nitrogen and oxygen atoms in total. The number of rotatable bonds is 2. The molecule has 0 spiro atoms. The summed E-state index contributed by atoms with van der Waals surface area (Å²) in [6, 6.07) is 11.9. The minimum atomic E-state index is -0.123. The highest BCUT2D eigenvalue weighted by Crippen LogP contribution is 2.38. The van der Waals surface area contributed by atoms with Gasteiger partial charge in [-0.1, -0.05) is 45.0 Å². The summed E-state index contributed by atoms with van der Waals surface area (Å²) in [5, 5.41) is 19.3. The second-order valence-electron chi connectivity index (χ2n) is 7.25. The fraction of sp³-hybridized carbons (Fsp3) is 0.400. The number of aryl methyl sites for hydroxylation is 1. The first-order chi connectivity index (χ1) is 11.0. The molecule has 0 atom stereocenters. The van der Waals surface area contributed by atoms with Gasteiger partial charge >= 0.3 is 0 Å². The molecule has 2 aromatic rings. The van der Waals surface area contributed by atoms with Gasteiger partial charge in [-0.15, -0.1) is 5.11 Å². The molecule has 0 heterocycles. The summed E-state index contributed by atoms with van der Waals surface area (Å²) in [7, 11) is 0. The average molecular weight is 308 g/mol. The van der Waals surface area contributed by atoms with Gasteiger partial charge < -0.3 is 5.11 Å². The zero-order valence-electron chi connectivity index (χ0n) is 14.1. The summed E-state index contributed by atoms with van der Waals surface area (Å²) >= 11 is 0. The number of phenols is 1. The summed E-state index contributed by atoms with van der Waals surface area (Å²) in [6.45, 7) is 6.24. The third-order valence-corrected chi connectivity index (χ3v) is 4.46. The lowest BCUT2D eigenvalue weighted by Gasteiger charge is -2.20. The SMILES string of the molecule is CC(C)(C)c1cccc(N=Nc2cccc3c2CCCC3)c1O. The minimum Gasteiger partial charge on any atom is -0.505 e.